The number of rotatable bonds is 16. The standard InChI is InChI=1S/C59H87N13O13/c1-32(2)27-39-51(78)67-42(29-36-17-10-8-11-18-36)57(84)72-26-16-23-45(72)54(81)70-48(35(7)73)56(83)66-40(28-33(3)4)50(77)65-41(31-46(74)75)52(79)68-43(30-37-19-12-9-13-20-37)58(85)71-25-15-22-44(71)53(80)69-47(34(5)6)55(82)63-38(49(76)64-39)21-14-24-62-59(60)61/h8-13,17-20,32-35,38-45,47-48,73H,14-16,21-31H2,1-7H3,(H,63,82)(H,64,76)(H,65,77)(H,66,83)(H,67,78)(H,68,79)(H,69,80)(H,70,81)(H,74,75)(H4,60,61,62)/t35-,38+,39+,40+,41+,42-,43-,44+,45+,47+,48+/m1/s1. The summed E-state index contributed by atoms with van der Waals surface area (Å²) in [5, 5.41) is 42.4. The number of aliphatic carboxylic acids is 1. The Balaban J connectivity index is 1.60. The molecule has 0 aliphatic carbocycles. The average Bonchev–Trinajstić information content (AvgIpc) is 3.56. The molecular weight excluding hydrogens is 1100 g/mol. The van der Waals surface area contributed by atoms with Crippen LogP contribution in [0.4, 0.5) is 0 Å². The van der Waals surface area contributed by atoms with E-state index in [1.165, 1.54) is 16.7 Å². The van der Waals surface area contributed by atoms with Crippen molar-refractivity contribution in [2.75, 3.05) is 19.6 Å². The van der Waals surface area contributed by atoms with Gasteiger partial charge in [0.15, 0.2) is 5.96 Å². The molecular formula is C59H87N13O13. The molecule has 85 heavy (non-hydrogen) atoms. The minimum atomic E-state index is -1.84. The summed E-state index contributed by atoms with van der Waals surface area (Å²) in [5.74, 6) is -11.2. The lowest BCUT2D eigenvalue weighted by Crippen LogP contribution is -2.62. The second-order valence-electron chi connectivity index (χ2n) is 23.4. The molecule has 3 fully saturated rings. The van der Waals surface area contributed by atoms with Crippen LogP contribution in [-0.2, 0) is 65.6 Å². The molecule has 0 radical (unpaired) electrons. The number of fused-ring (bicyclic) bond motifs is 2. The summed E-state index contributed by atoms with van der Waals surface area (Å²) >= 11 is 0. The Labute approximate surface area is 495 Å². The number of carboxylic acids is 1. The van der Waals surface area contributed by atoms with Crippen LogP contribution in [0.15, 0.2) is 65.7 Å². The number of amides is 10. The molecule has 10 amide bonds. The topological polar surface area (TPSA) is 395 Å². The molecule has 3 saturated heterocycles. The maximum atomic E-state index is 14.9. The molecule has 3 aliphatic heterocycles. The van der Waals surface area contributed by atoms with Crippen LogP contribution < -0.4 is 54.0 Å². The number of aliphatic hydroxyl groups excluding tert-OH is 1. The third kappa shape index (κ3) is 20.3. The van der Waals surface area contributed by atoms with Gasteiger partial charge in [0.25, 0.3) is 0 Å². The van der Waals surface area contributed by atoms with Gasteiger partial charge in [0.05, 0.1) is 12.5 Å². The average molecular weight is 1190 g/mol. The van der Waals surface area contributed by atoms with E-state index in [1.54, 1.807) is 88.4 Å². The first kappa shape index (κ1) is 67.6. The molecule has 0 bridgehead atoms. The fourth-order valence-electron chi connectivity index (χ4n) is 10.7. The van der Waals surface area contributed by atoms with E-state index in [4.69, 9.17) is 11.5 Å². The monoisotopic (exact) mass is 1190 g/mol. The molecule has 5 rings (SSSR count). The Morgan fingerprint density at radius 1 is 0.529 bits per heavy atom. The first-order chi connectivity index (χ1) is 40.2. The highest BCUT2D eigenvalue weighted by Gasteiger charge is 2.44. The molecule has 2 aromatic carbocycles. The second kappa shape index (κ2) is 32.2. The zero-order chi connectivity index (χ0) is 62.7. The van der Waals surface area contributed by atoms with Gasteiger partial charge in [-0.2, -0.15) is 0 Å². The molecule has 26 nitrogen and oxygen atoms in total. The number of aliphatic hydroxyl groups is 1. The van der Waals surface area contributed by atoms with Gasteiger partial charge in [-0.1, -0.05) is 102 Å². The van der Waals surface area contributed by atoms with E-state index in [9.17, 15) is 63.0 Å². The number of carbonyl (C=O) groups excluding carboxylic acids is 10. The Bertz CT molecular complexity index is 2710. The summed E-state index contributed by atoms with van der Waals surface area (Å²) in [6, 6.07) is 3.18. The molecule has 2 aromatic rings. The summed E-state index contributed by atoms with van der Waals surface area (Å²) in [7, 11) is 0. The molecule has 14 N–H and O–H groups in total. The van der Waals surface area contributed by atoms with Crippen LogP contribution in [0.1, 0.15) is 117 Å². The summed E-state index contributed by atoms with van der Waals surface area (Å²) in [6.07, 6.45) is -1.75. The number of benzene rings is 2. The Morgan fingerprint density at radius 3 is 1.34 bits per heavy atom. The van der Waals surface area contributed by atoms with Crippen molar-refractivity contribution in [3.63, 3.8) is 0 Å². The van der Waals surface area contributed by atoms with Gasteiger partial charge in [0.2, 0.25) is 59.1 Å². The van der Waals surface area contributed by atoms with Crippen molar-refractivity contribution in [2.24, 2.45) is 34.2 Å². The van der Waals surface area contributed by atoms with Crippen LogP contribution in [0.2, 0.25) is 0 Å². The summed E-state index contributed by atoms with van der Waals surface area (Å²) in [5.41, 5.74) is 12.4. The molecule has 0 unspecified atom stereocenters. The van der Waals surface area contributed by atoms with Crippen LogP contribution in [0.5, 0.6) is 0 Å². The third-order valence-corrected chi connectivity index (χ3v) is 15.1. The van der Waals surface area contributed by atoms with Crippen molar-refractivity contribution >= 4 is 71.0 Å². The van der Waals surface area contributed by atoms with Gasteiger partial charge in [0.1, 0.15) is 60.4 Å². The Kier molecular flexibility index (Phi) is 25.6. The molecule has 26 heteroatoms. The van der Waals surface area contributed by atoms with Crippen molar-refractivity contribution in [2.45, 2.75) is 186 Å². The van der Waals surface area contributed by atoms with Gasteiger partial charge in [0, 0.05) is 32.5 Å². The summed E-state index contributed by atoms with van der Waals surface area (Å²) < 4.78 is 0. The number of hydrogen-bond donors (Lipinski definition) is 12. The van der Waals surface area contributed by atoms with Crippen molar-refractivity contribution in [3.8, 4) is 0 Å². The van der Waals surface area contributed by atoms with Gasteiger partial charge in [-0.15, -0.1) is 0 Å². The molecule has 466 valence electrons. The number of nitrogens with two attached hydrogens (primary N) is 2. The normalized spacial score (nSPS) is 26.2. The first-order valence-electron chi connectivity index (χ1n) is 29.3. The maximum absolute atomic E-state index is 14.9. The number of guanidine groups is 1. The molecule has 0 aromatic heterocycles. The lowest BCUT2D eigenvalue weighted by molar-refractivity contribution is -0.144. The van der Waals surface area contributed by atoms with Crippen molar-refractivity contribution in [3.05, 3.63) is 71.8 Å². The Hall–Kier alpha value is -8.16. The van der Waals surface area contributed by atoms with Gasteiger partial charge in [-0.05, 0) is 87.2 Å². The van der Waals surface area contributed by atoms with Crippen LogP contribution >= 0.6 is 0 Å². The smallest absolute Gasteiger partial charge is 0.305 e. The number of hydrogen-bond acceptors (Lipinski definition) is 13. The van der Waals surface area contributed by atoms with Crippen molar-refractivity contribution < 1.29 is 63.0 Å². The largest absolute Gasteiger partial charge is 0.481 e. The maximum Gasteiger partial charge on any atom is 0.305 e. The van der Waals surface area contributed by atoms with Gasteiger partial charge in [-0.3, -0.25) is 57.7 Å². The number of carbonyl (C=O) groups is 11. The van der Waals surface area contributed by atoms with Crippen LogP contribution in [0.25, 0.3) is 0 Å². The van der Waals surface area contributed by atoms with Gasteiger partial charge in [-0.25, -0.2) is 0 Å². The third-order valence-electron chi connectivity index (χ3n) is 15.1. The number of aliphatic imine (C=N–C) groups is 1. The van der Waals surface area contributed by atoms with Crippen LogP contribution in [-0.4, -0.2) is 177 Å². The van der Waals surface area contributed by atoms with E-state index in [1.807, 2.05) is 13.8 Å². The summed E-state index contributed by atoms with van der Waals surface area (Å²) in [6.45, 7) is 11.8. The summed E-state index contributed by atoms with van der Waals surface area (Å²) in [4.78, 5) is 164. The zero-order valence-corrected chi connectivity index (χ0v) is 49.6. The number of nitrogens with one attached hydrogen (secondary N) is 8. The SMILES string of the molecule is CC(C)C[C@@H]1NC(=O)[C@H](CCCN=C(N)N)NC(=O)[C@H](C(C)C)NC(=O)[C@@H]2CCCN2C(=O)[C@@H](Cc2ccccc2)NC(=O)[C@H](CC(=O)O)NC(=O)[C@H](CC(C)C)NC(=O)[C@H]([C@@H](C)O)NC(=O)[C@@H]2CCCN2C(=O)[C@@H](Cc2ccccc2)NC1=O. The van der Waals surface area contributed by atoms with Gasteiger partial charge < -0.3 is 74.0 Å². The molecule has 0 saturated carbocycles. The van der Waals surface area contributed by atoms with Gasteiger partial charge >= 0.3 is 5.97 Å². The molecule has 11 atom stereocenters. The Morgan fingerprint density at radius 2 is 0.918 bits per heavy atom. The fraction of sp³-hybridized carbons (Fsp3) is 0.593. The fourth-order valence-corrected chi connectivity index (χ4v) is 10.7. The van der Waals surface area contributed by atoms with E-state index in [2.05, 4.69) is 47.5 Å². The van der Waals surface area contributed by atoms with E-state index in [0.29, 0.717) is 24.0 Å². The molecule has 0 spiro atoms. The van der Waals surface area contributed by atoms with E-state index in [0.717, 1.165) is 0 Å². The number of carboxylic acid groups (broad SMARTS) is 1. The van der Waals surface area contributed by atoms with Crippen molar-refractivity contribution in [1.29, 1.82) is 0 Å². The molecule has 3 aliphatic rings. The first-order valence-corrected chi connectivity index (χ1v) is 29.3. The quantitative estimate of drug-likeness (QED) is 0.0545. The van der Waals surface area contributed by atoms with E-state index >= 15 is 0 Å². The van der Waals surface area contributed by atoms with E-state index < -0.39 is 144 Å². The van der Waals surface area contributed by atoms with Crippen molar-refractivity contribution in [1.82, 2.24) is 52.3 Å². The highest BCUT2D eigenvalue weighted by atomic mass is 16.4. The number of nitrogens with zero attached hydrogens (tertiary/aromatic N) is 3. The van der Waals surface area contributed by atoms with Crippen LogP contribution in [0, 0.1) is 17.8 Å². The highest BCUT2D eigenvalue weighted by Crippen LogP contribution is 2.23. The highest BCUT2D eigenvalue weighted by molar-refractivity contribution is 6.00. The lowest BCUT2D eigenvalue weighted by atomic mass is 9.99. The lowest BCUT2D eigenvalue weighted by Gasteiger charge is -2.32. The molecule has 3 heterocycles. The van der Waals surface area contributed by atoms with Crippen LogP contribution in [0.3, 0.4) is 0 Å². The minimum absolute atomic E-state index is 0.0413. The van der Waals surface area contributed by atoms with E-state index in [-0.39, 0.29) is 88.8 Å². The predicted octanol–water partition coefficient (Wildman–Crippen LogP) is -0.997. The second-order valence-corrected chi connectivity index (χ2v) is 23.4. The zero-order valence-electron chi connectivity index (χ0n) is 49.6. The predicted molar refractivity (Wildman–Crippen MR) is 313 cm³/mol. The minimum Gasteiger partial charge on any atom is -0.481 e.